The molecule has 2 aromatic heterocycles. The molecule has 0 amide bonds. The van der Waals surface area contributed by atoms with Crippen molar-refractivity contribution in [2.24, 2.45) is 0 Å². The Morgan fingerprint density at radius 1 is 1.22 bits per heavy atom. The number of aromatic nitrogens is 4. The highest BCUT2D eigenvalue weighted by Gasteiger charge is 2.34. The van der Waals surface area contributed by atoms with Gasteiger partial charge in [0.25, 0.3) is 5.78 Å². The highest BCUT2D eigenvalue weighted by atomic mass is 35.5. The molecule has 0 saturated carbocycles. The highest BCUT2D eigenvalue weighted by molar-refractivity contribution is 6.36. The molecule has 142 valence electrons. The first-order valence-corrected chi connectivity index (χ1v) is 8.24. The van der Waals surface area contributed by atoms with Crippen molar-refractivity contribution < 1.29 is 17.6 Å². The van der Waals surface area contributed by atoms with E-state index in [0.29, 0.717) is 0 Å². The van der Waals surface area contributed by atoms with Gasteiger partial charge in [-0.3, -0.25) is 0 Å². The molecule has 0 aliphatic carbocycles. The summed E-state index contributed by atoms with van der Waals surface area (Å²) in [6.07, 6.45) is -2.17. The SMILES string of the molecule is C=CCN(CC(F)(F)F)c1c(-c2c(F)cccc2Cl)c(Cl)nc2ncnn12. The van der Waals surface area contributed by atoms with Gasteiger partial charge in [-0.25, -0.2) is 4.39 Å². The van der Waals surface area contributed by atoms with Crippen molar-refractivity contribution in [3.05, 3.63) is 53.2 Å². The van der Waals surface area contributed by atoms with E-state index in [9.17, 15) is 17.6 Å². The smallest absolute Gasteiger partial charge is 0.343 e. The first-order chi connectivity index (χ1) is 12.7. The second-order valence-corrected chi connectivity index (χ2v) is 6.22. The molecule has 3 rings (SSSR count). The molecule has 0 unspecified atom stereocenters. The minimum absolute atomic E-state index is 0.0371. The molecule has 0 aliphatic heterocycles. The lowest BCUT2D eigenvalue weighted by Crippen LogP contribution is -2.36. The van der Waals surface area contributed by atoms with Crippen molar-refractivity contribution in [1.82, 2.24) is 19.6 Å². The lowest BCUT2D eigenvalue weighted by atomic mass is 10.1. The van der Waals surface area contributed by atoms with Crippen LogP contribution >= 0.6 is 23.2 Å². The zero-order valence-electron chi connectivity index (χ0n) is 13.5. The Kier molecular flexibility index (Phi) is 5.25. The van der Waals surface area contributed by atoms with Crippen LogP contribution in [-0.4, -0.2) is 38.8 Å². The molecule has 0 N–H and O–H groups in total. The third-order valence-electron chi connectivity index (χ3n) is 3.59. The van der Waals surface area contributed by atoms with Crippen molar-refractivity contribution in [3.8, 4) is 11.1 Å². The predicted molar refractivity (Wildman–Crippen MR) is 94.7 cm³/mol. The van der Waals surface area contributed by atoms with Crippen LogP contribution in [0.4, 0.5) is 23.4 Å². The van der Waals surface area contributed by atoms with Crippen LogP contribution in [0.25, 0.3) is 16.9 Å². The third-order valence-corrected chi connectivity index (χ3v) is 4.18. The minimum Gasteiger partial charge on any atom is -0.343 e. The highest BCUT2D eigenvalue weighted by Crippen LogP contribution is 2.41. The van der Waals surface area contributed by atoms with E-state index in [1.165, 1.54) is 18.2 Å². The molecule has 5 nitrogen and oxygen atoms in total. The second kappa shape index (κ2) is 7.32. The van der Waals surface area contributed by atoms with Gasteiger partial charge >= 0.3 is 6.18 Å². The fourth-order valence-corrected chi connectivity index (χ4v) is 3.16. The quantitative estimate of drug-likeness (QED) is 0.338. The Bertz CT molecular complexity index is 982. The molecule has 2 heterocycles. The molecule has 0 fully saturated rings. The second-order valence-electron chi connectivity index (χ2n) is 5.45. The van der Waals surface area contributed by atoms with Gasteiger partial charge in [0.15, 0.2) is 0 Å². The monoisotopic (exact) mass is 419 g/mol. The first kappa shape index (κ1) is 19.4. The molecule has 27 heavy (non-hydrogen) atoms. The van der Waals surface area contributed by atoms with Crippen LogP contribution in [0.5, 0.6) is 0 Å². The van der Waals surface area contributed by atoms with E-state index in [2.05, 4.69) is 21.6 Å². The lowest BCUT2D eigenvalue weighted by Gasteiger charge is -2.27. The van der Waals surface area contributed by atoms with Gasteiger partial charge in [0.2, 0.25) is 0 Å². The number of hydrogen-bond acceptors (Lipinski definition) is 4. The van der Waals surface area contributed by atoms with Crippen LogP contribution in [0.2, 0.25) is 10.2 Å². The summed E-state index contributed by atoms with van der Waals surface area (Å²) in [5, 5.41) is 3.62. The van der Waals surface area contributed by atoms with Gasteiger partial charge in [-0.05, 0) is 12.1 Å². The molecule has 0 aliphatic rings. The van der Waals surface area contributed by atoms with Crippen LogP contribution in [-0.2, 0) is 0 Å². The Morgan fingerprint density at radius 2 is 1.96 bits per heavy atom. The Labute approximate surface area is 160 Å². The van der Waals surface area contributed by atoms with Gasteiger partial charge in [-0.15, -0.1) is 6.58 Å². The number of nitrogens with zero attached hydrogens (tertiary/aromatic N) is 5. The summed E-state index contributed by atoms with van der Waals surface area (Å²) in [4.78, 5) is 8.75. The molecule has 0 spiro atoms. The molecule has 3 aromatic rings. The zero-order chi connectivity index (χ0) is 19.8. The van der Waals surface area contributed by atoms with Crippen molar-refractivity contribution in [2.75, 3.05) is 18.0 Å². The normalized spacial score (nSPS) is 11.8. The van der Waals surface area contributed by atoms with Crippen LogP contribution in [0, 0.1) is 5.82 Å². The van der Waals surface area contributed by atoms with E-state index in [0.717, 1.165) is 21.8 Å². The van der Waals surface area contributed by atoms with Gasteiger partial charge in [0.1, 0.15) is 29.7 Å². The molecule has 0 bridgehead atoms. The average Bonchev–Trinajstić information content (AvgIpc) is 3.01. The summed E-state index contributed by atoms with van der Waals surface area (Å²) >= 11 is 12.3. The van der Waals surface area contributed by atoms with Gasteiger partial charge in [-0.2, -0.15) is 32.8 Å². The van der Waals surface area contributed by atoms with Gasteiger partial charge in [-0.1, -0.05) is 35.3 Å². The summed E-state index contributed by atoms with van der Waals surface area (Å²) in [5.74, 6) is -0.952. The van der Waals surface area contributed by atoms with Gasteiger partial charge in [0.05, 0.1) is 10.6 Å². The molecule has 1 aromatic carbocycles. The first-order valence-electron chi connectivity index (χ1n) is 7.49. The van der Waals surface area contributed by atoms with E-state index in [1.807, 2.05) is 0 Å². The third kappa shape index (κ3) is 3.84. The fourth-order valence-electron chi connectivity index (χ4n) is 2.64. The van der Waals surface area contributed by atoms with E-state index >= 15 is 0 Å². The Hall–Kier alpha value is -2.39. The van der Waals surface area contributed by atoms with Crippen LogP contribution in [0.1, 0.15) is 0 Å². The van der Waals surface area contributed by atoms with Crippen molar-refractivity contribution >= 4 is 34.8 Å². The number of hydrogen-bond donors (Lipinski definition) is 0. The number of alkyl halides is 3. The summed E-state index contributed by atoms with van der Waals surface area (Å²) in [7, 11) is 0. The molecule has 11 heteroatoms. The standard InChI is InChI=1S/C16H11Cl2F4N5/c1-2-6-26(7-16(20,21)22)14-12(11-9(17)4-3-5-10(11)19)13(18)25-15-23-8-24-27(14)15/h2-5,8H,1,6-7H2. The number of benzene rings is 1. The fraction of sp³-hybridized carbons (Fsp3) is 0.188. The van der Waals surface area contributed by atoms with Crippen molar-refractivity contribution in [1.29, 1.82) is 0 Å². The largest absolute Gasteiger partial charge is 0.405 e. The summed E-state index contributed by atoms with van der Waals surface area (Å²) in [6, 6.07) is 3.88. The van der Waals surface area contributed by atoms with Crippen LogP contribution < -0.4 is 4.90 Å². The lowest BCUT2D eigenvalue weighted by molar-refractivity contribution is -0.119. The number of anilines is 1. The van der Waals surface area contributed by atoms with Gasteiger partial charge < -0.3 is 4.90 Å². The van der Waals surface area contributed by atoms with Crippen LogP contribution in [0.3, 0.4) is 0 Å². The van der Waals surface area contributed by atoms with E-state index in [-0.39, 0.29) is 39.4 Å². The maximum Gasteiger partial charge on any atom is 0.405 e. The summed E-state index contributed by atoms with van der Waals surface area (Å²) in [6.45, 7) is 1.91. The topological polar surface area (TPSA) is 46.3 Å². The van der Waals surface area contributed by atoms with E-state index in [1.54, 1.807) is 0 Å². The molecular formula is C16H11Cl2F4N5. The Balaban J connectivity index is 2.38. The van der Waals surface area contributed by atoms with E-state index < -0.39 is 18.5 Å². The predicted octanol–water partition coefficient (Wildman–Crippen LogP) is 4.79. The molecule has 0 radical (unpaired) electrons. The molecule has 0 atom stereocenters. The van der Waals surface area contributed by atoms with E-state index in [4.69, 9.17) is 23.2 Å². The van der Waals surface area contributed by atoms with Crippen molar-refractivity contribution in [2.45, 2.75) is 6.18 Å². The number of halogens is 6. The maximum absolute atomic E-state index is 14.5. The number of fused-ring (bicyclic) bond motifs is 1. The summed E-state index contributed by atoms with van der Waals surface area (Å²) in [5.41, 5.74) is -0.302. The van der Waals surface area contributed by atoms with Crippen LogP contribution in [0.15, 0.2) is 37.2 Å². The number of rotatable bonds is 5. The minimum atomic E-state index is -4.55. The van der Waals surface area contributed by atoms with Crippen molar-refractivity contribution in [3.63, 3.8) is 0 Å². The average molecular weight is 420 g/mol. The van der Waals surface area contributed by atoms with Gasteiger partial charge in [0, 0.05) is 12.1 Å². The molecule has 0 saturated heterocycles. The Morgan fingerprint density at radius 3 is 2.59 bits per heavy atom. The maximum atomic E-state index is 14.5. The zero-order valence-corrected chi connectivity index (χ0v) is 15.0. The summed E-state index contributed by atoms with van der Waals surface area (Å²) < 4.78 is 55.1. The molecular weight excluding hydrogens is 409 g/mol.